The number of ether oxygens (including phenoxy) is 3. The van der Waals surface area contributed by atoms with Crippen molar-refractivity contribution in [1.29, 1.82) is 0 Å². The molecule has 29 heavy (non-hydrogen) atoms. The smallest absolute Gasteiger partial charge is 0.305 e. The lowest BCUT2D eigenvalue weighted by Crippen LogP contribution is -2.28. The maximum Gasteiger partial charge on any atom is 0.305 e. The van der Waals surface area contributed by atoms with Crippen molar-refractivity contribution in [2.75, 3.05) is 26.4 Å². The Labute approximate surface area is 181 Å². The van der Waals surface area contributed by atoms with Crippen molar-refractivity contribution in [3.05, 3.63) is 0 Å². The minimum atomic E-state index is -0.138. The molecule has 0 N–H and O–H groups in total. The summed E-state index contributed by atoms with van der Waals surface area (Å²) < 4.78 is 17.3. The van der Waals surface area contributed by atoms with E-state index < -0.39 is 0 Å². The molecule has 1 atom stereocenters. The zero-order chi connectivity index (χ0) is 21.4. The summed E-state index contributed by atoms with van der Waals surface area (Å²) in [6.07, 6.45) is 18.4. The van der Waals surface area contributed by atoms with Gasteiger partial charge in [0.1, 0.15) is 12.7 Å². The minimum Gasteiger partial charge on any atom is -0.463 e. The summed E-state index contributed by atoms with van der Waals surface area (Å²) in [5.74, 6) is -0.0994. The third kappa shape index (κ3) is 21.9. The van der Waals surface area contributed by atoms with Gasteiger partial charge in [-0.05, 0) is 19.3 Å². The van der Waals surface area contributed by atoms with Gasteiger partial charge in [0.05, 0.1) is 6.61 Å². The van der Waals surface area contributed by atoms with E-state index in [1.54, 1.807) is 0 Å². The predicted octanol–water partition coefficient (Wildman–Crippen LogP) is 7.23. The molecule has 0 radical (unpaired) electrons. The molecule has 4 heteroatoms. The van der Waals surface area contributed by atoms with Crippen molar-refractivity contribution in [1.82, 2.24) is 0 Å². The average molecular weight is 415 g/mol. The van der Waals surface area contributed by atoms with E-state index in [0.717, 1.165) is 38.9 Å². The Bertz CT molecular complexity index is 333. The van der Waals surface area contributed by atoms with Crippen LogP contribution in [0.5, 0.6) is 0 Å². The zero-order valence-corrected chi connectivity index (χ0v) is 19.9. The van der Waals surface area contributed by atoms with Gasteiger partial charge in [0.25, 0.3) is 0 Å². The largest absolute Gasteiger partial charge is 0.463 e. The van der Waals surface area contributed by atoms with Crippen LogP contribution in [-0.2, 0) is 19.0 Å². The van der Waals surface area contributed by atoms with E-state index in [1.165, 1.54) is 70.6 Å². The van der Waals surface area contributed by atoms with Crippen molar-refractivity contribution in [3.63, 3.8) is 0 Å². The molecule has 0 fully saturated rings. The van der Waals surface area contributed by atoms with Gasteiger partial charge < -0.3 is 14.2 Å². The van der Waals surface area contributed by atoms with Crippen molar-refractivity contribution in [2.45, 2.75) is 130 Å². The van der Waals surface area contributed by atoms with Crippen LogP contribution in [0.2, 0.25) is 0 Å². The summed E-state index contributed by atoms with van der Waals surface area (Å²) in [5.41, 5.74) is 0. The van der Waals surface area contributed by atoms with Crippen molar-refractivity contribution >= 4 is 5.97 Å². The molecule has 0 saturated carbocycles. The third-order valence-corrected chi connectivity index (χ3v) is 5.21. The monoisotopic (exact) mass is 414 g/mol. The fourth-order valence-corrected chi connectivity index (χ4v) is 3.25. The van der Waals surface area contributed by atoms with Crippen LogP contribution in [0.25, 0.3) is 0 Å². The number of unbranched alkanes of at least 4 members (excludes halogenated alkanes) is 12. The third-order valence-electron chi connectivity index (χ3n) is 5.21. The van der Waals surface area contributed by atoms with E-state index in [-0.39, 0.29) is 12.1 Å². The molecule has 4 nitrogen and oxygen atoms in total. The quantitative estimate of drug-likeness (QED) is 0.131. The van der Waals surface area contributed by atoms with Crippen LogP contribution in [0.3, 0.4) is 0 Å². The van der Waals surface area contributed by atoms with Crippen molar-refractivity contribution in [3.8, 4) is 0 Å². The molecular formula is C25H50O4. The molecule has 0 bridgehead atoms. The van der Waals surface area contributed by atoms with Crippen LogP contribution in [0.4, 0.5) is 0 Å². The zero-order valence-electron chi connectivity index (χ0n) is 19.9. The van der Waals surface area contributed by atoms with Gasteiger partial charge in [-0.15, -0.1) is 0 Å². The van der Waals surface area contributed by atoms with Crippen molar-refractivity contribution in [2.24, 2.45) is 0 Å². The van der Waals surface area contributed by atoms with Gasteiger partial charge >= 0.3 is 5.97 Å². The van der Waals surface area contributed by atoms with Gasteiger partial charge in [0.2, 0.25) is 0 Å². The molecule has 0 amide bonds. The first-order valence-corrected chi connectivity index (χ1v) is 12.6. The topological polar surface area (TPSA) is 44.8 Å². The summed E-state index contributed by atoms with van der Waals surface area (Å²) in [5, 5.41) is 0. The maximum atomic E-state index is 12.0. The predicted molar refractivity (Wildman–Crippen MR) is 122 cm³/mol. The Morgan fingerprint density at radius 3 is 1.72 bits per heavy atom. The van der Waals surface area contributed by atoms with E-state index in [9.17, 15) is 4.79 Å². The van der Waals surface area contributed by atoms with E-state index in [1.807, 2.05) is 0 Å². The molecule has 0 saturated heterocycles. The van der Waals surface area contributed by atoms with Crippen LogP contribution in [0.15, 0.2) is 0 Å². The lowest BCUT2D eigenvalue weighted by molar-refractivity contribution is -0.150. The first kappa shape index (κ1) is 28.4. The number of esters is 1. The molecule has 0 aliphatic carbocycles. The summed E-state index contributed by atoms with van der Waals surface area (Å²) in [6, 6.07) is 0. The lowest BCUT2D eigenvalue weighted by Gasteiger charge is -2.18. The highest BCUT2D eigenvalue weighted by Crippen LogP contribution is 2.08. The normalized spacial score (nSPS) is 12.2. The van der Waals surface area contributed by atoms with Gasteiger partial charge in [0, 0.05) is 19.6 Å². The highest BCUT2D eigenvalue weighted by Gasteiger charge is 2.13. The van der Waals surface area contributed by atoms with E-state index in [0.29, 0.717) is 19.6 Å². The summed E-state index contributed by atoms with van der Waals surface area (Å²) >= 11 is 0. The number of hydrogen-bond acceptors (Lipinski definition) is 4. The number of carbonyl (C=O) groups is 1. The molecule has 0 aromatic heterocycles. The molecule has 174 valence electrons. The van der Waals surface area contributed by atoms with Crippen molar-refractivity contribution < 1.29 is 19.0 Å². The minimum absolute atomic E-state index is 0.0994. The standard InChI is InChI=1S/C25H50O4/c1-4-7-10-13-16-19-25(26)29-23-24(28-21-18-15-12-9-6-3)22-27-20-17-14-11-8-5-2/h24H,4-23H2,1-3H3. The van der Waals surface area contributed by atoms with Gasteiger partial charge in [0.15, 0.2) is 0 Å². The summed E-state index contributed by atoms with van der Waals surface area (Å²) in [4.78, 5) is 12.0. The van der Waals surface area contributed by atoms with Crippen LogP contribution in [0, 0.1) is 0 Å². The van der Waals surface area contributed by atoms with Gasteiger partial charge in [-0.2, -0.15) is 0 Å². The first-order valence-electron chi connectivity index (χ1n) is 12.6. The molecule has 0 rings (SSSR count). The van der Waals surface area contributed by atoms with Gasteiger partial charge in [-0.25, -0.2) is 0 Å². The van der Waals surface area contributed by atoms with Gasteiger partial charge in [-0.1, -0.05) is 97.8 Å². The summed E-state index contributed by atoms with van der Waals surface area (Å²) in [6.45, 7) is 8.99. The number of hydrogen-bond donors (Lipinski definition) is 0. The Kier molecular flexibility index (Phi) is 23.2. The van der Waals surface area contributed by atoms with Crippen LogP contribution in [0.1, 0.15) is 124 Å². The average Bonchev–Trinajstić information content (AvgIpc) is 2.73. The highest BCUT2D eigenvalue weighted by atomic mass is 16.6. The van der Waals surface area contributed by atoms with Gasteiger partial charge in [-0.3, -0.25) is 4.79 Å². The molecular weight excluding hydrogens is 364 g/mol. The van der Waals surface area contributed by atoms with Crippen LogP contribution in [-0.4, -0.2) is 38.5 Å². The van der Waals surface area contributed by atoms with E-state index >= 15 is 0 Å². The SMILES string of the molecule is CCCCCCCOCC(COC(=O)CCCCCCC)OCCCCCCC. The van der Waals surface area contributed by atoms with Crippen LogP contribution < -0.4 is 0 Å². The molecule has 0 spiro atoms. The molecule has 0 aliphatic heterocycles. The maximum absolute atomic E-state index is 12.0. The Morgan fingerprint density at radius 2 is 1.14 bits per heavy atom. The number of rotatable bonds is 23. The van der Waals surface area contributed by atoms with Crippen LogP contribution >= 0.6 is 0 Å². The highest BCUT2D eigenvalue weighted by molar-refractivity contribution is 5.69. The molecule has 0 aromatic carbocycles. The van der Waals surface area contributed by atoms with E-state index in [2.05, 4.69) is 20.8 Å². The summed E-state index contributed by atoms with van der Waals surface area (Å²) in [7, 11) is 0. The Morgan fingerprint density at radius 1 is 0.621 bits per heavy atom. The first-order chi connectivity index (χ1) is 14.2. The molecule has 0 aromatic rings. The molecule has 0 heterocycles. The Balaban J connectivity index is 3.98. The molecule has 0 aliphatic rings. The van der Waals surface area contributed by atoms with E-state index in [4.69, 9.17) is 14.2 Å². The fourth-order valence-electron chi connectivity index (χ4n) is 3.25. The second kappa shape index (κ2) is 23.7. The molecule has 1 unspecified atom stereocenters. The fraction of sp³-hybridized carbons (Fsp3) is 0.960. The lowest BCUT2D eigenvalue weighted by atomic mass is 10.1. The number of carbonyl (C=O) groups excluding carboxylic acids is 1. The second-order valence-electron chi connectivity index (χ2n) is 8.24. The Hall–Kier alpha value is -0.610. The second-order valence-corrected chi connectivity index (χ2v) is 8.24.